The molecular formula is C14H10BrFN2O3. The molecule has 1 N–H and O–H groups in total. The van der Waals surface area contributed by atoms with Crippen LogP contribution in [-0.4, -0.2) is 10.8 Å². The summed E-state index contributed by atoms with van der Waals surface area (Å²) in [6.07, 6.45) is 0. The Labute approximate surface area is 128 Å². The summed E-state index contributed by atoms with van der Waals surface area (Å²) in [6.45, 7) is 1.85. The van der Waals surface area contributed by atoms with Crippen molar-refractivity contribution < 1.29 is 14.1 Å². The molecular weight excluding hydrogens is 343 g/mol. The summed E-state index contributed by atoms with van der Waals surface area (Å²) in [5.41, 5.74) is 0.772. The third-order valence-corrected chi connectivity index (χ3v) is 3.17. The van der Waals surface area contributed by atoms with Crippen LogP contribution in [0.1, 0.15) is 15.9 Å². The third-order valence-electron chi connectivity index (χ3n) is 2.71. The average Bonchev–Trinajstić information content (AvgIpc) is 2.36. The van der Waals surface area contributed by atoms with Gasteiger partial charge in [-0.25, -0.2) is 4.39 Å². The quantitative estimate of drug-likeness (QED) is 0.668. The van der Waals surface area contributed by atoms with Gasteiger partial charge in [0.1, 0.15) is 5.82 Å². The molecule has 0 radical (unpaired) electrons. The number of rotatable bonds is 3. The minimum Gasteiger partial charge on any atom is -0.322 e. The number of anilines is 1. The first kappa shape index (κ1) is 15.1. The van der Waals surface area contributed by atoms with E-state index in [4.69, 9.17) is 0 Å². The lowest BCUT2D eigenvalue weighted by Gasteiger charge is -2.07. The minimum atomic E-state index is -0.937. The topological polar surface area (TPSA) is 72.2 Å². The Bertz CT molecular complexity index is 714. The van der Waals surface area contributed by atoms with Crippen LogP contribution in [0.25, 0.3) is 0 Å². The number of nitrogens with one attached hydrogen (secondary N) is 1. The Balaban J connectivity index is 2.26. The fraction of sp³-hybridized carbons (Fsp3) is 0.0714. The third kappa shape index (κ3) is 3.63. The predicted molar refractivity (Wildman–Crippen MR) is 79.9 cm³/mol. The van der Waals surface area contributed by atoms with E-state index in [0.29, 0.717) is 5.69 Å². The smallest absolute Gasteiger partial charge is 0.272 e. The number of nitrogens with zero attached hydrogens (tertiary/aromatic N) is 1. The van der Waals surface area contributed by atoms with E-state index in [-0.39, 0.29) is 5.56 Å². The van der Waals surface area contributed by atoms with Gasteiger partial charge in [-0.3, -0.25) is 14.9 Å². The SMILES string of the molecule is Cc1cc(Br)cc(NC(=O)c2ccc([N+](=O)[O-])cc2F)c1. The summed E-state index contributed by atoms with van der Waals surface area (Å²) in [5.74, 6) is -1.60. The van der Waals surface area contributed by atoms with Gasteiger partial charge in [-0.05, 0) is 36.8 Å². The Hall–Kier alpha value is -2.28. The van der Waals surface area contributed by atoms with Gasteiger partial charge < -0.3 is 5.32 Å². The maximum atomic E-state index is 13.7. The molecule has 0 fully saturated rings. The highest BCUT2D eigenvalue weighted by Crippen LogP contribution is 2.21. The van der Waals surface area contributed by atoms with Crippen LogP contribution in [-0.2, 0) is 0 Å². The number of amides is 1. The number of nitro benzene ring substituents is 1. The van der Waals surface area contributed by atoms with Crippen LogP contribution in [0.4, 0.5) is 15.8 Å². The van der Waals surface area contributed by atoms with E-state index < -0.39 is 22.3 Å². The van der Waals surface area contributed by atoms with E-state index >= 15 is 0 Å². The van der Waals surface area contributed by atoms with E-state index in [1.807, 2.05) is 13.0 Å². The van der Waals surface area contributed by atoms with Crippen molar-refractivity contribution in [3.63, 3.8) is 0 Å². The highest BCUT2D eigenvalue weighted by molar-refractivity contribution is 9.10. The van der Waals surface area contributed by atoms with Crippen LogP contribution in [0.3, 0.4) is 0 Å². The van der Waals surface area contributed by atoms with E-state index in [1.54, 1.807) is 12.1 Å². The molecule has 108 valence electrons. The van der Waals surface area contributed by atoms with Crippen molar-refractivity contribution in [2.75, 3.05) is 5.32 Å². The van der Waals surface area contributed by atoms with Crippen LogP contribution in [0.15, 0.2) is 40.9 Å². The fourth-order valence-electron chi connectivity index (χ4n) is 1.81. The summed E-state index contributed by atoms with van der Waals surface area (Å²) in [5, 5.41) is 13.1. The number of halogens is 2. The number of aryl methyl sites for hydroxylation is 1. The van der Waals surface area contributed by atoms with Crippen molar-refractivity contribution >= 4 is 33.2 Å². The number of hydrogen-bond acceptors (Lipinski definition) is 3. The summed E-state index contributed by atoms with van der Waals surface area (Å²) in [7, 11) is 0. The van der Waals surface area contributed by atoms with Gasteiger partial charge in [-0.1, -0.05) is 15.9 Å². The first-order valence-electron chi connectivity index (χ1n) is 5.89. The molecule has 0 spiro atoms. The first-order valence-corrected chi connectivity index (χ1v) is 6.68. The predicted octanol–water partition coefficient (Wildman–Crippen LogP) is 4.06. The van der Waals surface area contributed by atoms with Crippen LogP contribution >= 0.6 is 15.9 Å². The number of carbonyl (C=O) groups excluding carboxylic acids is 1. The van der Waals surface area contributed by atoms with E-state index in [0.717, 1.165) is 28.2 Å². The summed E-state index contributed by atoms with van der Waals surface area (Å²) >= 11 is 3.30. The Kier molecular flexibility index (Phi) is 4.32. The normalized spacial score (nSPS) is 10.2. The van der Waals surface area contributed by atoms with Crippen LogP contribution in [0, 0.1) is 22.9 Å². The van der Waals surface area contributed by atoms with E-state index in [1.165, 1.54) is 0 Å². The average molecular weight is 353 g/mol. The number of nitro groups is 1. The first-order chi connectivity index (χ1) is 9.86. The molecule has 2 aromatic carbocycles. The van der Waals surface area contributed by atoms with Gasteiger partial charge in [-0.2, -0.15) is 0 Å². The van der Waals surface area contributed by atoms with Crippen LogP contribution < -0.4 is 5.32 Å². The van der Waals surface area contributed by atoms with Gasteiger partial charge in [0, 0.05) is 16.2 Å². The second-order valence-corrected chi connectivity index (χ2v) is 5.31. The lowest BCUT2D eigenvalue weighted by atomic mass is 10.1. The Morgan fingerprint density at radius 2 is 2.00 bits per heavy atom. The zero-order valence-corrected chi connectivity index (χ0v) is 12.5. The summed E-state index contributed by atoms with van der Waals surface area (Å²) in [4.78, 5) is 21.8. The highest BCUT2D eigenvalue weighted by Gasteiger charge is 2.16. The van der Waals surface area contributed by atoms with Crippen molar-refractivity contribution in [2.24, 2.45) is 0 Å². The summed E-state index contributed by atoms with van der Waals surface area (Å²) in [6, 6.07) is 8.17. The fourth-order valence-corrected chi connectivity index (χ4v) is 2.42. The molecule has 7 heteroatoms. The molecule has 21 heavy (non-hydrogen) atoms. The molecule has 0 bridgehead atoms. The van der Waals surface area contributed by atoms with E-state index in [2.05, 4.69) is 21.2 Å². The molecule has 0 aliphatic heterocycles. The maximum absolute atomic E-state index is 13.7. The van der Waals surface area contributed by atoms with Gasteiger partial charge in [0.05, 0.1) is 16.6 Å². The molecule has 2 aromatic rings. The lowest BCUT2D eigenvalue weighted by molar-refractivity contribution is -0.385. The molecule has 0 saturated heterocycles. The van der Waals surface area contributed by atoms with Crippen molar-refractivity contribution in [2.45, 2.75) is 6.92 Å². The zero-order valence-electron chi connectivity index (χ0n) is 10.9. The highest BCUT2D eigenvalue weighted by atomic mass is 79.9. The van der Waals surface area contributed by atoms with Gasteiger partial charge in [0.2, 0.25) is 0 Å². The number of carbonyl (C=O) groups is 1. The molecule has 1 amide bonds. The standard InChI is InChI=1S/C14H10BrFN2O3/c1-8-4-9(15)6-10(5-8)17-14(19)12-3-2-11(18(20)21)7-13(12)16/h2-7H,1H3,(H,17,19). The zero-order chi connectivity index (χ0) is 15.6. The van der Waals surface area contributed by atoms with Gasteiger partial charge >= 0.3 is 0 Å². The second-order valence-electron chi connectivity index (χ2n) is 4.39. The van der Waals surface area contributed by atoms with Gasteiger partial charge in [0.25, 0.3) is 11.6 Å². The molecule has 0 aromatic heterocycles. The Morgan fingerprint density at radius 3 is 2.57 bits per heavy atom. The molecule has 2 rings (SSSR count). The van der Waals surface area contributed by atoms with Crippen LogP contribution in [0.5, 0.6) is 0 Å². The van der Waals surface area contributed by atoms with Gasteiger partial charge in [-0.15, -0.1) is 0 Å². The summed E-state index contributed by atoms with van der Waals surface area (Å²) < 4.78 is 14.5. The van der Waals surface area contributed by atoms with E-state index in [9.17, 15) is 19.3 Å². The largest absolute Gasteiger partial charge is 0.322 e. The molecule has 0 aliphatic carbocycles. The number of hydrogen-bond donors (Lipinski definition) is 1. The molecule has 0 saturated carbocycles. The van der Waals surface area contributed by atoms with Crippen molar-refractivity contribution in [1.29, 1.82) is 0 Å². The monoisotopic (exact) mass is 352 g/mol. The lowest BCUT2D eigenvalue weighted by Crippen LogP contribution is -2.14. The van der Waals surface area contributed by atoms with Crippen molar-refractivity contribution in [1.82, 2.24) is 0 Å². The molecule has 0 atom stereocenters. The molecule has 0 heterocycles. The maximum Gasteiger partial charge on any atom is 0.272 e. The minimum absolute atomic E-state index is 0.252. The molecule has 0 unspecified atom stereocenters. The van der Waals surface area contributed by atoms with Crippen LogP contribution in [0.2, 0.25) is 0 Å². The second kappa shape index (κ2) is 6.01. The van der Waals surface area contributed by atoms with Crippen molar-refractivity contribution in [3.05, 3.63) is 67.9 Å². The number of benzene rings is 2. The Morgan fingerprint density at radius 1 is 1.29 bits per heavy atom. The van der Waals surface area contributed by atoms with Crippen molar-refractivity contribution in [3.8, 4) is 0 Å². The molecule has 0 aliphatic rings. The number of non-ortho nitro benzene ring substituents is 1. The molecule has 5 nitrogen and oxygen atoms in total. The van der Waals surface area contributed by atoms with Gasteiger partial charge in [0.15, 0.2) is 0 Å².